The van der Waals surface area contributed by atoms with Crippen molar-refractivity contribution in [1.82, 2.24) is 4.90 Å². The largest absolute Gasteiger partial charge is 0.447 e. The number of cyclic esters (lactones) is 1. The summed E-state index contributed by atoms with van der Waals surface area (Å²) in [7, 11) is 0. The van der Waals surface area contributed by atoms with E-state index in [0.717, 1.165) is 16.0 Å². The monoisotopic (exact) mass is 515 g/mol. The van der Waals surface area contributed by atoms with Crippen molar-refractivity contribution >= 4 is 47.1 Å². The standard InChI is InChI=1S/C27H24Cl2FNO4/c28-23-14-21(19-9-5-2-6-10-19)15-24(29)27(23,30)16-20(11-12-32)25(33)31-22(17-35-26(31)34)13-18-7-3-1-4-8-18/h1-10,12,14-15,20,22-23H,11,13,16-17H2/t20-,22-,23-,27-/m1/s1. The highest BCUT2D eigenvalue weighted by molar-refractivity contribution is 6.34. The van der Waals surface area contributed by atoms with Crippen LogP contribution in [0.15, 0.2) is 77.8 Å². The van der Waals surface area contributed by atoms with Crippen molar-refractivity contribution in [2.45, 2.75) is 36.4 Å². The summed E-state index contributed by atoms with van der Waals surface area (Å²) < 4.78 is 21.4. The number of carbonyl (C=O) groups is 3. The fraction of sp³-hybridized carbons (Fsp3) is 0.296. The highest BCUT2D eigenvalue weighted by atomic mass is 35.5. The molecular formula is C27H24Cl2FNO4. The lowest BCUT2D eigenvalue weighted by atomic mass is 9.82. The van der Waals surface area contributed by atoms with Gasteiger partial charge in [-0.25, -0.2) is 14.1 Å². The van der Waals surface area contributed by atoms with E-state index in [1.54, 1.807) is 6.08 Å². The average Bonchev–Trinajstić information content (AvgIpc) is 3.22. The Labute approximate surface area is 213 Å². The lowest BCUT2D eigenvalue weighted by Crippen LogP contribution is -2.47. The number of hydrogen-bond donors (Lipinski definition) is 0. The molecule has 0 N–H and O–H groups in total. The van der Waals surface area contributed by atoms with E-state index in [4.69, 9.17) is 27.9 Å². The zero-order valence-electron chi connectivity index (χ0n) is 18.8. The highest BCUT2D eigenvalue weighted by Crippen LogP contribution is 2.45. The normalized spacial score (nSPS) is 24.9. The van der Waals surface area contributed by atoms with Crippen molar-refractivity contribution in [3.8, 4) is 0 Å². The highest BCUT2D eigenvalue weighted by Gasteiger charge is 2.48. The van der Waals surface area contributed by atoms with E-state index in [0.29, 0.717) is 18.3 Å². The second-order valence-electron chi connectivity index (χ2n) is 8.68. The van der Waals surface area contributed by atoms with Crippen molar-refractivity contribution in [3.63, 3.8) is 0 Å². The fourth-order valence-electron chi connectivity index (χ4n) is 4.46. The number of hydrogen-bond acceptors (Lipinski definition) is 4. The Hall–Kier alpha value is -2.96. The van der Waals surface area contributed by atoms with Crippen molar-refractivity contribution in [2.75, 3.05) is 6.61 Å². The Morgan fingerprint density at radius 3 is 2.46 bits per heavy atom. The molecule has 0 aromatic heterocycles. The number of nitrogens with zero attached hydrogens (tertiary/aromatic N) is 1. The molecule has 0 radical (unpaired) electrons. The molecule has 2 aromatic rings. The Morgan fingerprint density at radius 1 is 1.17 bits per heavy atom. The molecule has 4 atom stereocenters. The van der Waals surface area contributed by atoms with Crippen LogP contribution in [0.2, 0.25) is 0 Å². The molecular weight excluding hydrogens is 492 g/mol. The minimum Gasteiger partial charge on any atom is -0.447 e. The summed E-state index contributed by atoms with van der Waals surface area (Å²) in [5.41, 5.74) is 0.110. The van der Waals surface area contributed by atoms with Crippen molar-refractivity contribution in [1.29, 1.82) is 0 Å². The van der Waals surface area contributed by atoms with Crippen LogP contribution in [0.25, 0.3) is 5.57 Å². The van der Waals surface area contributed by atoms with Crippen LogP contribution in [-0.4, -0.2) is 46.9 Å². The van der Waals surface area contributed by atoms with Gasteiger partial charge in [0.15, 0.2) is 5.67 Å². The molecule has 8 heteroatoms. The molecule has 0 bridgehead atoms. The second-order valence-corrected chi connectivity index (χ2v) is 9.55. The lowest BCUT2D eigenvalue weighted by Gasteiger charge is -2.35. The summed E-state index contributed by atoms with van der Waals surface area (Å²) in [6.07, 6.45) is 2.42. The number of carbonyl (C=O) groups excluding carboxylic acids is 3. The molecule has 2 aliphatic rings. The van der Waals surface area contributed by atoms with Crippen molar-refractivity contribution in [2.24, 2.45) is 5.92 Å². The second kappa shape index (κ2) is 10.8. The molecule has 1 aliphatic carbocycles. The van der Waals surface area contributed by atoms with E-state index in [-0.39, 0.29) is 18.1 Å². The molecule has 4 rings (SSSR count). The van der Waals surface area contributed by atoms with E-state index >= 15 is 4.39 Å². The summed E-state index contributed by atoms with van der Waals surface area (Å²) in [4.78, 5) is 38.3. The molecule has 0 spiro atoms. The first-order valence-electron chi connectivity index (χ1n) is 11.3. The quantitative estimate of drug-likeness (QED) is 0.333. The molecule has 0 unspecified atom stereocenters. The number of ether oxygens (including phenoxy) is 1. The van der Waals surface area contributed by atoms with Crippen LogP contribution in [-0.2, 0) is 20.7 Å². The van der Waals surface area contributed by atoms with Gasteiger partial charge in [-0.2, -0.15) is 0 Å². The van der Waals surface area contributed by atoms with Crippen molar-refractivity contribution in [3.05, 3.63) is 89.0 Å². The molecule has 1 aliphatic heterocycles. The number of amides is 2. The van der Waals surface area contributed by atoms with Crippen LogP contribution in [0.1, 0.15) is 24.0 Å². The van der Waals surface area contributed by atoms with Crippen LogP contribution in [0, 0.1) is 5.92 Å². The third-order valence-electron chi connectivity index (χ3n) is 6.34. The third-order valence-corrected chi connectivity index (χ3v) is 7.23. The average molecular weight is 516 g/mol. The van der Waals surface area contributed by atoms with Gasteiger partial charge in [-0.05, 0) is 29.2 Å². The summed E-state index contributed by atoms with van der Waals surface area (Å²) >= 11 is 12.8. The van der Waals surface area contributed by atoms with Gasteiger partial charge in [0.2, 0.25) is 5.91 Å². The van der Waals surface area contributed by atoms with E-state index in [1.807, 2.05) is 60.7 Å². The van der Waals surface area contributed by atoms with Crippen LogP contribution < -0.4 is 0 Å². The molecule has 1 saturated heterocycles. The first-order chi connectivity index (χ1) is 16.8. The van der Waals surface area contributed by atoms with Crippen molar-refractivity contribution < 1.29 is 23.5 Å². The predicted octanol–water partition coefficient (Wildman–Crippen LogP) is 5.71. The number of imide groups is 1. The Kier molecular flexibility index (Phi) is 7.72. The zero-order valence-corrected chi connectivity index (χ0v) is 20.3. The Bertz CT molecular complexity index is 1150. The predicted molar refractivity (Wildman–Crippen MR) is 133 cm³/mol. The fourth-order valence-corrected chi connectivity index (χ4v) is 5.17. The Balaban J connectivity index is 1.56. The summed E-state index contributed by atoms with van der Waals surface area (Å²) in [6, 6.07) is 18.0. The van der Waals surface area contributed by atoms with Gasteiger partial charge in [0.05, 0.1) is 16.5 Å². The number of allylic oxidation sites excluding steroid dienone is 4. The minimum atomic E-state index is -2.29. The Morgan fingerprint density at radius 2 is 1.83 bits per heavy atom. The van der Waals surface area contributed by atoms with E-state index < -0.39 is 41.4 Å². The molecule has 182 valence electrons. The summed E-state index contributed by atoms with van der Waals surface area (Å²) in [6.45, 7) is 0.0238. The van der Waals surface area contributed by atoms with Gasteiger partial charge in [0.25, 0.3) is 0 Å². The number of alkyl halides is 2. The first-order valence-corrected chi connectivity index (χ1v) is 12.1. The van der Waals surface area contributed by atoms with E-state index in [2.05, 4.69) is 0 Å². The van der Waals surface area contributed by atoms with E-state index in [9.17, 15) is 14.4 Å². The minimum absolute atomic E-state index is 0.0238. The molecule has 2 aromatic carbocycles. The van der Waals surface area contributed by atoms with Gasteiger partial charge in [0.1, 0.15) is 12.9 Å². The smallest absolute Gasteiger partial charge is 0.416 e. The molecule has 1 fully saturated rings. The molecule has 1 heterocycles. The number of halogens is 3. The molecule has 2 amide bonds. The van der Waals surface area contributed by atoms with Gasteiger partial charge < -0.3 is 9.53 Å². The van der Waals surface area contributed by atoms with Gasteiger partial charge in [-0.3, -0.25) is 4.79 Å². The van der Waals surface area contributed by atoms with Crippen LogP contribution >= 0.6 is 23.2 Å². The number of benzene rings is 2. The third kappa shape index (κ3) is 5.34. The first kappa shape index (κ1) is 25.1. The van der Waals surface area contributed by atoms with Gasteiger partial charge >= 0.3 is 6.09 Å². The molecule has 0 saturated carbocycles. The van der Waals surface area contributed by atoms with Gasteiger partial charge in [0, 0.05) is 18.8 Å². The summed E-state index contributed by atoms with van der Waals surface area (Å²) in [5.74, 6) is -1.82. The molecule has 35 heavy (non-hydrogen) atoms. The van der Waals surface area contributed by atoms with Crippen LogP contribution in [0.5, 0.6) is 0 Å². The topological polar surface area (TPSA) is 63.7 Å². The van der Waals surface area contributed by atoms with Crippen LogP contribution in [0.4, 0.5) is 9.18 Å². The number of rotatable bonds is 8. The van der Waals surface area contributed by atoms with Gasteiger partial charge in [-0.15, -0.1) is 11.6 Å². The molecule has 5 nitrogen and oxygen atoms in total. The van der Waals surface area contributed by atoms with Crippen LogP contribution in [0.3, 0.4) is 0 Å². The lowest BCUT2D eigenvalue weighted by molar-refractivity contribution is -0.136. The SMILES string of the molecule is O=CC[C@H](C[C@]1(F)C(Cl)=CC(c2ccccc2)=C[C@H]1Cl)C(=O)N1C(=O)OC[C@H]1Cc1ccccc1. The maximum absolute atomic E-state index is 16.2. The maximum Gasteiger partial charge on any atom is 0.416 e. The number of aldehydes is 1. The zero-order chi connectivity index (χ0) is 25.0. The maximum atomic E-state index is 16.2. The van der Waals surface area contributed by atoms with Gasteiger partial charge in [-0.1, -0.05) is 78.3 Å². The summed E-state index contributed by atoms with van der Waals surface area (Å²) in [5, 5.41) is -1.34. The van der Waals surface area contributed by atoms with E-state index in [1.165, 1.54) is 6.08 Å².